The van der Waals surface area contributed by atoms with Gasteiger partial charge in [0.2, 0.25) is 0 Å². The van der Waals surface area contributed by atoms with E-state index in [-0.39, 0.29) is 18.2 Å². The van der Waals surface area contributed by atoms with Crippen LogP contribution in [0, 0.1) is 0 Å². The molecular weight excluding hydrogens is 316 g/mol. The van der Waals surface area contributed by atoms with E-state index in [0.717, 1.165) is 31.4 Å². The number of alkyl carbamates (subject to hydrolysis) is 1. The highest BCUT2D eigenvalue weighted by atomic mass is 16.6. The van der Waals surface area contributed by atoms with Crippen LogP contribution < -0.4 is 15.4 Å². The van der Waals surface area contributed by atoms with E-state index in [9.17, 15) is 4.79 Å². The first kappa shape index (κ1) is 19.6. The number of rotatable bonds is 5. The molecule has 0 saturated heterocycles. The lowest BCUT2D eigenvalue weighted by Crippen LogP contribution is -2.46. The van der Waals surface area contributed by atoms with Crippen molar-refractivity contribution in [3.05, 3.63) is 29.8 Å². The molecule has 140 valence electrons. The Hall–Kier alpha value is -1.75. The van der Waals surface area contributed by atoms with Crippen LogP contribution in [0.1, 0.15) is 65.0 Å². The Balaban J connectivity index is 1.87. The van der Waals surface area contributed by atoms with E-state index in [2.05, 4.69) is 29.7 Å². The van der Waals surface area contributed by atoms with E-state index in [1.165, 1.54) is 5.56 Å². The number of hydrogen-bond acceptors (Lipinski definition) is 4. The predicted octanol–water partition coefficient (Wildman–Crippen LogP) is 4.18. The van der Waals surface area contributed by atoms with Crippen LogP contribution in [0.25, 0.3) is 0 Å². The number of nitrogens with one attached hydrogen (secondary N) is 2. The number of carbonyl (C=O) groups is 1. The smallest absolute Gasteiger partial charge is 0.407 e. The monoisotopic (exact) mass is 348 g/mol. The van der Waals surface area contributed by atoms with Crippen molar-refractivity contribution < 1.29 is 14.3 Å². The maximum atomic E-state index is 12.0. The minimum atomic E-state index is -0.461. The summed E-state index contributed by atoms with van der Waals surface area (Å²) >= 11 is 0. The molecule has 1 aromatic carbocycles. The number of benzene rings is 1. The fourth-order valence-corrected chi connectivity index (χ4v) is 3.31. The maximum absolute atomic E-state index is 12.0. The van der Waals surface area contributed by atoms with Crippen LogP contribution in [0.3, 0.4) is 0 Å². The van der Waals surface area contributed by atoms with Crippen molar-refractivity contribution in [2.24, 2.45) is 0 Å². The van der Waals surface area contributed by atoms with Crippen LogP contribution in [-0.4, -0.2) is 30.9 Å². The minimum Gasteiger partial charge on any atom is -0.497 e. The minimum absolute atomic E-state index is 0.165. The molecule has 2 N–H and O–H groups in total. The van der Waals surface area contributed by atoms with Crippen LogP contribution in [0.2, 0.25) is 0 Å². The Morgan fingerprint density at radius 1 is 1.24 bits per heavy atom. The molecule has 2 unspecified atom stereocenters. The second-order valence-electron chi connectivity index (χ2n) is 7.87. The summed E-state index contributed by atoms with van der Waals surface area (Å²) in [6.45, 7) is 7.81. The standard InChI is InChI=1S/C20H32N2O3/c1-14(15-8-6-11-18(12-15)24-5)21-16-9-7-10-17(13-16)22-19(23)25-20(2,3)4/h6,8,11-12,14,16-17,21H,7,9-10,13H2,1-5H3,(H,22,23)/t14-,16?,17?/m1/s1. The summed E-state index contributed by atoms with van der Waals surface area (Å²) in [5.41, 5.74) is 0.749. The summed E-state index contributed by atoms with van der Waals surface area (Å²) in [5.74, 6) is 0.874. The number of methoxy groups -OCH3 is 1. The molecule has 0 bridgehead atoms. The zero-order valence-electron chi connectivity index (χ0n) is 16.1. The predicted molar refractivity (Wildman–Crippen MR) is 100.0 cm³/mol. The van der Waals surface area contributed by atoms with Gasteiger partial charge in [-0.25, -0.2) is 4.79 Å². The van der Waals surface area contributed by atoms with Crippen molar-refractivity contribution in [1.82, 2.24) is 10.6 Å². The molecule has 1 aromatic rings. The number of amides is 1. The first-order valence-electron chi connectivity index (χ1n) is 9.16. The highest BCUT2D eigenvalue weighted by molar-refractivity contribution is 5.68. The Morgan fingerprint density at radius 3 is 2.64 bits per heavy atom. The summed E-state index contributed by atoms with van der Waals surface area (Å²) in [4.78, 5) is 12.0. The molecule has 1 amide bonds. The molecule has 5 nitrogen and oxygen atoms in total. The molecule has 0 aliphatic heterocycles. The van der Waals surface area contributed by atoms with Gasteiger partial charge >= 0.3 is 6.09 Å². The molecule has 0 spiro atoms. The quantitative estimate of drug-likeness (QED) is 0.838. The second-order valence-corrected chi connectivity index (χ2v) is 7.87. The first-order valence-corrected chi connectivity index (χ1v) is 9.16. The summed E-state index contributed by atoms with van der Waals surface area (Å²) in [6.07, 6.45) is 3.83. The summed E-state index contributed by atoms with van der Waals surface area (Å²) in [6, 6.07) is 8.93. The van der Waals surface area contributed by atoms with Crippen molar-refractivity contribution in [2.75, 3.05) is 7.11 Å². The van der Waals surface area contributed by atoms with E-state index < -0.39 is 5.60 Å². The van der Waals surface area contributed by atoms with Crippen molar-refractivity contribution in [3.63, 3.8) is 0 Å². The lowest BCUT2D eigenvalue weighted by molar-refractivity contribution is 0.0488. The molecule has 0 aromatic heterocycles. The van der Waals surface area contributed by atoms with Crippen molar-refractivity contribution in [3.8, 4) is 5.75 Å². The lowest BCUT2D eigenvalue weighted by atomic mass is 9.90. The molecule has 25 heavy (non-hydrogen) atoms. The first-order chi connectivity index (χ1) is 11.8. The van der Waals surface area contributed by atoms with Crippen molar-refractivity contribution in [2.45, 2.75) is 77.1 Å². The normalized spacial score (nSPS) is 22.1. The maximum Gasteiger partial charge on any atom is 0.407 e. The fourth-order valence-electron chi connectivity index (χ4n) is 3.31. The number of ether oxygens (including phenoxy) is 2. The molecule has 1 aliphatic rings. The van der Waals surface area contributed by atoms with E-state index in [1.54, 1.807) is 7.11 Å². The molecule has 0 heterocycles. The van der Waals surface area contributed by atoms with Gasteiger partial charge in [-0.2, -0.15) is 0 Å². The molecule has 3 atom stereocenters. The van der Waals surface area contributed by atoms with Gasteiger partial charge in [0, 0.05) is 18.1 Å². The van der Waals surface area contributed by atoms with Crippen molar-refractivity contribution >= 4 is 6.09 Å². The van der Waals surface area contributed by atoms with Gasteiger partial charge in [-0.1, -0.05) is 12.1 Å². The highest BCUT2D eigenvalue weighted by Crippen LogP contribution is 2.24. The van der Waals surface area contributed by atoms with Crippen LogP contribution in [0.5, 0.6) is 5.75 Å². The molecule has 5 heteroatoms. The SMILES string of the molecule is COc1cccc([C@@H](C)NC2CCCC(NC(=O)OC(C)(C)C)C2)c1. The van der Waals surface area contributed by atoms with E-state index >= 15 is 0 Å². The van der Waals surface area contributed by atoms with Crippen LogP contribution in [0.4, 0.5) is 4.79 Å². The van der Waals surface area contributed by atoms with Gasteiger partial charge in [-0.15, -0.1) is 0 Å². The van der Waals surface area contributed by atoms with Crippen molar-refractivity contribution in [1.29, 1.82) is 0 Å². The van der Waals surface area contributed by atoms with E-state index in [0.29, 0.717) is 6.04 Å². The zero-order valence-corrected chi connectivity index (χ0v) is 16.1. The Morgan fingerprint density at radius 2 is 1.96 bits per heavy atom. The largest absolute Gasteiger partial charge is 0.497 e. The highest BCUT2D eigenvalue weighted by Gasteiger charge is 2.26. The Bertz CT molecular complexity index is 568. The Labute approximate surface area is 151 Å². The number of hydrogen-bond donors (Lipinski definition) is 2. The summed E-state index contributed by atoms with van der Waals surface area (Å²) in [7, 11) is 1.69. The van der Waals surface area contributed by atoms with Gasteiger partial charge in [0.05, 0.1) is 7.11 Å². The van der Waals surface area contributed by atoms with Gasteiger partial charge in [0.25, 0.3) is 0 Å². The second kappa shape index (κ2) is 8.56. The van der Waals surface area contributed by atoms with Gasteiger partial charge in [-0.3, -0.25) is 0 Å². The van der Waals surface area contributed by atoms with Gasteiger partial charge < -0.3 is 20.1 Å². The van der Waals surface area contributed by atoms with E-state index in [1.807, 2.05) is 32.9 Å². The zero-order chi connectivity index (χ0) is 18.4. The Kier molecular flexibility index (Phi) is 6.71. The van der Waals surface area contributed by atoms with Gasteiger partial charge in [0.1, 0.15) is 11.4 Å². The van der Waals surface area contributed by atoms with Crippen LogP contribution in [-0.2, 0) is 4.74 Å². The van der Waals surface area contributed by atoms with Gasteiger partial charge in [-0.05, 0) is 71.1 Å². The summed E-state index contributed by atoms with van der Waals surface area (Å²) in [5, 5.41) is 6.71. The molecule has 1 aliphatic carbocycles. The fraction of sp³-hybridized carbons (Fsp3) is 0.650. The van der Waals surface area contributed by atoms with Crippen LogP contribution in [0.15, 0.2) is 24.3 Å². The molecule has 0 radical (unpaired) electrons. The molecule has 2 rings (SSSR count). The average molecular weight is 348 g/mol. The average Bonchev–Trinajstić information content (AvgIpc) is 2.53. The molecule has 1 fully saturated rings. The third-order valence-corrected chi connectivity index (χ3v) is 4.47. The van der Waals surface area contributed by atoms with Crippen LogP contribution >= 0.6 is 0 Å². The number of carbonyl (C=O) groups excluding carboxylic acids is 1. The molecular formula is C20H32N2O3. The molecule has 1 saturated carbocycles. The summed E-state index contributed by atoms with van der Waals surface area (Å²) < 4.78 is 10.7. The lowest BCUT2D eigenvalue weighted by Gasteiger charge is -2.33. The third-order valence-electron chi connectivity index (χ3n) is 4.47. The third kappa shape index (κ3) is 6.58. The van der Waals surface area contributed by atoms with Gasteiger partial charge in [0.15, 0.2) is 0 Å². The topological polar surface area (TPSA) is 59.6 Å². The van der Waals surface area contributed by atoms with E-state index in [4.69, 9.17) is 9.47 Å².